The molecule has 0 spiro atoms. The lowest BCUT2D eigenvalue weighted by molar-refractivity contribution is 0.302. The van der Waals surface area contributed by atoms with E-state index in [1.54, 1.807) is 0 Å². The van der Waals surface area contributed by atoms with Crippen LogP contribution in [0.15, 0.2) is 48.5 Å². The fourth-order valence-corrected chi connectivity index (χ4v) is 2.94. The second-order valence-electron chi connectivity index (χ2n) is 5.54. The number of ether oxygens (including phenoxy) is 1. The summed E-state index contributed by atoms with van der Waals surface area (Å²) in [6.45, 7) is 2.90. The van der Waals surface area contributed by atoms with Gasteiger partial charge in [-0.25, -0.2) is 0 Å². The molecule has 2 unspecified atom stereocenters. The van der Waals surface area contributed by atoms with Crippen molar-refractivity contribution < 1.29 is 4.74 Å². The Morgan fingerprint density at radius 1 is 1.15 bits per heavy atom. The molecule has 1 N–H and O–H groups in total. The van der Waals surface area contributed by atoms with Gasteiger partial charge >= 0.3 is 0 Å². The molecule has 0 radical (unpaired) electrons. The first-order valence-electron chi connectivity index (χ1n) is 7.22. The Labute approximate surface area is 120 Å². The largest absolute Gasteiger partial charge is 0.493 e. The predicted octanol–water partition coefficient (Wildman–Crippen LogP) is 3.30. The van der Waals surface area contributed by atoms with Gasteiger partial charge in [0.2, 0.25) is 0 Å². The number of aryl methyl sites for hydroxylation is 1. The highest BCUT2D eigenvalue weighted by Crippen LogP contribution is 2.36. The molecule has 0 amide bonds. The van der Waals surface area contributed by atoms with Crippen LogP contribution >= 0.6 is 0 Å². The summed E-state index contributed by atoms with van der Waals surface area (Å²) < 4.78 is 5.81. The van der Waals surface area contributed by atoms with Gasteiger partial charge in [0.15, 0.2) is 0 Å². The van der Waals surface area contributed by atoms with Gasteiger partial charge in [-0.1, -0.05) is 48.0 Å². The van der Waals surface area contributed by atoms with Crippen LogP contribution < -0.4 is 10.1 Å². The van der Waals surface area contributed by atoms with E-state index in [0.29, 0.717) is 12.0 Å². The third kappa shape index (κ3) is 2.56. The molecule has 1 heterocycles. The minimum absolute atomic E-state index is 0.404. The standard InChI is InChI=1S/C18H21NO/c1-13-7-9-14(10-8-13)11-17(19-2)16-12-20-18-6-4-3-5-15(16)18/h3-10,16-17,19H,11-12H2,1-2H3. The highest BCUT2D eigenvalue weighted by molar-refractivity contribution is 5.41. The quantitative estimate of drug-likeness (QED) is 0.917. The molecule has 2 atom stereocenters. The molecule has 0 fully saturated rings. The molecule has 20 heavy (non-hydrogen) atoms. The van der Waals surface area contributed by atoms with Crippen molar-refractivity contribution in [3.63, 3.8) is 0 Å². The molecule has 1 aliphatic rings. The molecule has 104 valence electrons. The maximum absolute atomic E-state index is 5.81. The molecule has 0 bridgehead atoms. The van der Waals surface area contributed by atoms with Gasteiger partial charge in [-0.2, -0.15) is 0 Å². The smallest absolute Gasteiger partial charge is 0.122 e. The van der Waals surface area contributed by atoms with Crippen molar-refractivity contribution in [1.29, 1.82) is 0 Å². The monoisotopic (exact) mass is 267 g/mol. The van der Waals surface area contributed by atoms with Crippen molar-refractivity contribution in [2.24, 2.45) is 0 Å². The van der Waals surface area contributed by atoms with Crippen LogP contribution in [0.25, 0.3) is 0 Å². The Balaban J connectivity index is 1.79. The van der Waals surface area contributed by atoms with E-state index in [9.17, 15) is 0 Å². The molecule has 2 aromatic rings. The third-order valence-corrected chi connectivity index (χ3v) is 4.17. The van der Waals surface area contributed by atoms with Gasteiger partial charge in [0, 0.05) is 17.5 Å². The van der Waals surface area contributed by atoms with E-state index in [0.717, 1.165) is 18.8 Å². The number of rotatable bonds is 4. The summed E-state index contributed by atoms with van der Waals surface area (Å²) in [5, 5.41) is 3.47. The van der Waals surface area contributed by atoms with Crippen LogP contribution in [0.3, 0.4) is 0 Å². The molecule has 2 heteroatoms. The lowest BCUT2D eigenvalue weighted by Gasteiger charge is -2.22. The number of benzene rings is 2. The molecule has 2 nitrogen and oxygen atoms in total. The zero-order valence-corrected chi connectivity index (χ0v) is 12.1. The second-order valence-corrected chi connectivity index (χ2v) is 5.54. The fourth-order valence-electron chi connectivity index (χ4n) is 2.94. The zero-order valence-electron chi connectivity index (χ0n) is 12.1. The Morgan fingerprint density at radius 2 is 1.90 bits per heavy atom. The van der Waals surface area contributed by atoms with Gasteiger partial charge in [-0.15, -0.1) is 0 Å². The Hall–Kier alpha value is -1.80. The summed E-state index contributed by atoms with van der Waals surface area (Å²) >= 11 is 0. The molecule has 0 saturated carbocycles. The second kappa shape index (κ2) is 5.68. The summed E-state index contributed by atoms with van der Waals surface area (Å²) in [6, 6.07) is 17.6. The first kappa shape index (κ1) is 13.2. The Kier molecular flexibility index (Phi) is 3.75. The highest BCUT2D eigenvalue weighted by atomic mass is 16.5. The molecule has 0 saturated heterocycles. The van der Waals surface area contributed by atoms with Crippen molar-refractivity contribution >= 4 is 0 Å². The summed E-state index contributed by atoms with van der Waals surface area (Å²) in [4.78, 5) is 0. The number of nitrogens with one attached hydrogen (secondary N) is 1. The van der Waals surface area contributed by atoms with E-state index in [2.05, 4.69) is 54.7 Å². The Bertz CT molecular complexity index is 576. The molecular formula is C18H21NO. The average Bonchev–Trinajstić information content (AvgIpc) is 2.91. The number of fused-ring (bicyclic) bond motifs is 1. The van der Waals surface area contributed by atoms with Gasteiger partial charge in [-0.3, -0.25) is 0 Å². The lowest BCUT2D eigenvalue weighted by atomic mass is 9.89. The van der Waals surface area contributed by atoms with E-state index < -0.39 is 0 Å². The van der Waals surface area contributed by atoms with Gasteiger partial charge in [0.05, 0.1) is 6.61 Å². The summed E-state index contributed by atoms with van der Waals surface area (Å²) in [5.74, 6) is 1.47. The van der Waals surface area contributed by atoms with Crippen molar-refractivity contribution in [3.8, 4) is 5.75 Å². The summed E-state index contributed by atoms with van der Waals surface area (Å²) in [5.41, 5.74) is 4.02. The summed E-state index contributed by atoms with van der Waals surface area (Å²) in [7, 11) is 2.04. The van der Waals surface area contributed by atoms with Crippen LogP contribution in [-0.4, -0.2) is 19.7 Å². The van der Waals surface area contributed by atoms with Gasteiger partial charge in [-0.05, 0) is 32.0 Å². The topological polar surface area (TPSA) is 21.3 Å². The lowest BCUT2D eigenvalue weighted by Crippen LogP contribution is -2.35. The number of hydrogen-bond acceptors (Lipinski definition) is 2. The van der Waals surface area contributed by atoms with Crippen molar-refractivity contribution in [2.45, 2.75) is 25.3 Å². The van der Waals surface area contributed by atoms with Crippen molar-refractivity contribution in [2.75, 3.05) is 13.7 Å². The molecule has 0 aromatic heterocycles. The zero-order chi connectivity index (χ0) is 13.9. The van der Waals surface area contributed by atoms with E-state index in [4.69, 9.17) is 4.74 Å². The highest BCUT2D eigenvalue weighted by Gasteiger charge is 2.30. The fraction of sp³-hybridized carbons (Fsp3) is 0.333. The van der Waals surface area contributed by atoms with E-state index in [-0.39, 0.29) is 0 Å². The first-order chi connectivity index (χ1) is 9.78. The van der Waals surface area contributed by atoms with Crippen LogP contribution in [0, 0.1) is 6.92 Å². The average molecular weight is 267 g/mol. The van der Waals surface area contributed by atoms with Crippen LogP contribution in [0.1, 0.15) is 22.6 Å². The molecule has 3 rings (SSSR count). The minimum Gasteiger partial charge on any atom is -0.493 e. The molecule has 0 aliphatic carbocycles. The molecule has 2 aromatic carbocycles. The van der Waals surface area contributed by atoms with Gasteiger partial charge in [0.25, 0.3) is 0 Å². The molecular weight excluding hydrogens is 246 g/mol. The van der Waals surface area contributed by atoms with Crippen molar-refractivity contribution in [1.82, 2.24) is 5.32 Å². The van der Waals surface area contributed by atoms with Gasteiger partial charge < -0.3 is 10.1 Å². The van der Waals surface area contributed by atoms with E-state index >= 15 is 0 Å². The van der Waals surface area contributed by atoms with E-state index in [1.165, 1.54) is 16.7 Å². The first-order valence-corrected chi connectivity index (χ1v) is 7.22. The number of hydrogen-bond donors (Lipinski definition) is 1. The van der Waals surface area contributed by atoms with Crippen LogP contribution in [0.4, 0.5) is 0 Å². The maximum Gasteiger partial charge on any atom is 0.122 e. The maximum atomic E-state index is 5.81. The summed E-state index contributed by atoms with van der Waals surface area (Å²) in [6.07, 6.45) is 1.03. The third-order valence-electron chi connectivity index (χ3n) is 4.17. The number of likely N-dealkylation sites (N-methyl/N-ethyl adjacent to an activating group) is 1. The van der Waals surface area contributed by atoms with E-state index in [1.807, 2.05) is 13.1 Å². The van der Waals surface area contributed by atoms with Crippen LogP contribution in [-0.2, 0) is 6.42 Å². The number of para-hydroxylation sites is 1. The Morgan fingerprint density at radius 3 is 2.65 bits per heavy atom. The van der Waals surface area contributed by atoms with Gasteiger partial charge in [0.1, 0.15) is 5.75 Å². The normalized spacial score (nSPS) is 18.4. The van der Waals surface area contributed by atoms with Crippen molar-refractivity contribution in [3.05, 3.63) is 65.2 Å². The minimum atomic E-state index is 0.404. The SMILES string of the molecule is CNC(Cc1ccc(C)cc1)C1COc2ccccc21. The van der Waals surface area contributed by atoms with Crippen LogP contribution in [0.5, 0.6) is 5.75 Å². The predicted molar refractivity (Wildman–Crippen MR) is 82.4 cm³/mol. The van der Waals surface area contributed by atoms with Crippen LogP contribution in [0.2, 0.25) is 0 Å². The molecule has 1 aliphatic heterocycles.